The standard InChI is InChI=1S/C15H24N4O/c1-11-16-13(8-12-6-5-7-19(4)10-12)9-14(17-11)15(20)18(2)3/h9,12H,5-8,10H2,1-4H3. The minimum absolute atomic E-state index is 0.0579. The fourth-order valence-corrected chi connectivity index (χ4v) is 2.81. The molecule has 1 saturated heterocycles. The van der Waals surface area contributed by atoms with Crippen LogP contribution >= 0.6 is 0 Å². The van der Waals surface area contributed by atoms with Crippen molar-refractivity contribution in [2.45, 2.75) is 26.2 Å². The SMILES string of the molecule is Cc1nc(CC2CCCN(C)C2)cc(C(=O)N(C)C)n1. The number of aryl methyl sites for hydroxylation is 1. The van der Waals surface area contributed by atoms with Crippen LogP contribution in [0.5, 0.6) is 0 Å². The molecule has 2 heterocycles. The number of carbonyl (C=O) groups is 1. The molecule has 1 aromatic heterocycles. The van der Waals surface area contributed by atoms with E-state index in [2.05, 4.69) is 21.9 Å². The zero-order chi connectivity index (χ0) is 14.7. The van der Waals surface area contributed by atoms with Crippen LogP contribution in [0.25, 0.3) is 0 Å². The second-order valence-corrected chi connectivity index (χ2v) is 5.97. The third kappa shape index (κ3) is 3.76. The number of likely N-dealkylation sites (tertiary alicyclic amines) is 1. The average molecular weight is 276 g/mol. The Morgan fingerprint density at radius 1 is 1.45 bits per heavy atom. The maximum atomic E-state index is 12.0. The molecule has 0 radical (unpaired) electrons. The molecular weight excluding hydrogens is 252 g/mol. The molecule has 0 bridgehead atoms. The van der Waals surface area contributed by atoms with Gasteiger partial charge in [0.05, 0.1) is 0 Å². The summed E-state index contributed by atoms with van der Waals surface area (Å²) in [5, 5.41) is 0. The fraction of sp³-hybridized carbons (Fsp3) is 0.667. The van der Waals surface area contributed by atoms with Crippen LogP contribution in [-0.4, -0.2) is 59.9 Å². The predicted octanol–water partition coefficient (Wildman–Crippen LogP) is 1.37. The Bertz CT molecular complexity index is 487. The second-order valence-electron chi connectivity index (χ2n) is 5.97. The van der Waals surface area contributed by atoms with Crippen molar-refractivity contribution in [2.75, 3.05) is 34.2 Å². The Kier molecular flexibility index (Phi) is 4.70. The van der Waals surface area contributed by atoms with Crippen LogP contribution in [0.2, 0.25) is 0 Å². The first kappa shape index (κ1) is 14.9. The van der Waals surface area contributed by atoms with E-state index in [1.165, 1.54) is 19.4 Å². The van der Waals surface area contributed by atoms with E-state index >= 15 is 0 Å². The van der Waals surface area contributed by atoms with E-state index in [-0.39, 0.29) is 5.91 Å². The van der Waals surface area contributed by atoms with Crippen LogP contribution in [-0.2, 0) is 6.42 Å². The number of piperidine rings is 1. The van der Waals surface area contributed by atoms with Crippen molar-refractivity contribution in [1.82, 2.24) is 19.8 Å². The van der Waals surface area contributed by atoms with Crippen LogP contribution in [0.15, 0.2) is 6.07 Å². The first-order chi connectivity index (χ1) is 9.45. The number of aromatic nitrogens is 2. The Hall–Kier alpha value is -1.49. The van der Waals surface area contributed by atoms with Gasteiger partial charge in [0.2, 0.25) is 0 Å². The molecule has 0 N–H and O–H groups in total. The maximum Gasteiger partial charge on any atom is 0.272 e. The first-order valence-electron chi connectivity index (χ1n) is 7.20. The topological polar surface area (TPSA) is 49.3 Å². The van der Waals surface area contributed by atoms with Gasteiger partial charge >= 0.3 is 0 Å². The van der Waals surface area contributed by atoms with Gasteiger partial charge in [0.15, 0.2) is 0 Å². The zero-order valence-corrected chi connectivity index (χ0v) is 12.9. The van der Waals surface area contributed by atoms with Crippen molar-refractivity contribution in [3.05, 3.63) is 23.3 Å². The molecule has 20 heavy (non-hydrogen) atoms. The minimum Gasteiger partial charge on any atom is -0.343 e. The third-order valence-electron chi connectivity index (χ3n) is 3.74. The molecule has 110 valence electrons. The summed E-state index contributed by atoms with van der Waals surface area (Å²) >= 11 is 0. The second kappa shape index (κ2) is 6.31. The van der Waals surface area contributed by atoms with Crippen LogP contribution in [0.4, 0.5) is 0 Å². The molecule has 1 fully saturated rings. The lowest BCUT2D eigenvalue weighted by atomic mass is 9.93. The Morgan fingerprint density at radius 2 is 2.20 bits per heavy atom. The summed E-state index contributed by atoms with van der Waals surface area (Å²) in [6, 6.07) is 1.85. The van der Waals surface area contributed by atoms with Crippen molar-refractivity contribution < 1.29 is 4.79 Å². The molecule has 1 aromatic rings. The summed E-state index contributed by atoms with van der Waals surface area (Å²) in [6.45, 7) is 4.15. The predicted molar refractivity (Wildman–Crippen MR) is 78.7 cm³/mol. The molecule has 1 unspecified atom stereocenters. The van der Waals surface area contributed by atoms with Crippen LogP contribution < -0.4 is 0 Å². The molecule has 0 spiro atoms. The highest BCUT2D eigenvalue weighted by Crippen LogP contribution is 2.19. The normalized spacial score (nSPS) is 19.9. The number of carbonyl (C=O) groups excluding carboxylic acids is 1. The van der Waals surface area contributed by atoms with E-state index in [1.807, 2.05) is 13.0 Å². The average Bonchev–Trinajstić information content (AvgIpc) is 2.37. The van der Waals surface area contributed by atoms with E-state index in [0.29, 0.717) is 17.4 Å². The smallest absolute Gasteiger partial charge is 0.272 e. The molecule has 0 saturated carbocycles. The van der Waals surface area contributed by atoms with Crippen LogP contribution in [0, 0.1) is 12.8 Å². The highest BCUT2D eigenvalue weighted by atomic mass is 16.2. The van der Waals surface area contributed by atoms with Gasteiger partial charge in [-0.3, -0.25) is 4.79 Å². The molecule has 0 aromatic carbocycles. The molecule has 5 heteroatoms. The first-order valence-corrected chi connectivity index (χ1v) is 7.20. The number of hydrogen-bond acceptors (Lipinski definition) is 4. The molecular formula is C15H24N4O. The summed E-state index contributed by atoms with van der Waals surface area (Å²) in [5.41, 5.74) is 1.49. The zero-order valence-electron chi connectivity index (χ0n) is 12.9. The van der Waals surface area contributed by atoms with Crippen molar-refractivity contribution in [3.8, 4) is 0 Å². The lowest BCUT2D eigenvalue weighted by molar-refractivity contribution is 0.0821. The molecule has 1 aliphatic heterocycles. The van der Waals surface area contributed by atoms with Gasteiger partial charge < -0.3 is 9.80 Å². The summed E-state index contributed by atoms with van der Waals surface area (Å²) < 4.78 is 0. The highest BCUT2D eigenvalue weighted by Gasteiger charge is 2.19. The largest absolute Gasteiger partial charge is 0.343 e. The summed E-state index contributed by atoms with van der Waals surface area (Å²) in [5.74, 6) is 1.25. The number of nitrogens with zero attached hydrogens (tertiary/aromatic N) is 4. The Balaban J connectivity index is 2.13. The molecule has 1 atom stereocenters. The number of amides is 1. The monoisotopic (exact) mass is 276 g/mol. The fourth-order valence-electron chi connectivity index (χ4n) is 2.81. The van der Waals surface area contributed by atoms with Crippen molar-refractivity contribution in [1.29, 1.82) is 0 Å². The van der Waals surface area contributed by atoms with E-state index in [1.54, 1.807) is 19.0 Å². The Morgan fingerprint density at radius 3 is 2.85 bits per heavy atom. The molecule has 5 nitrogen and oxygen atoms in total. The third-order valence-corrected chi connectivity index (χ3v) is 3.74. The van der Waals surface area contributed by atoms with Gasteiger partial charge in [-0.1, -0.05) is 0 Å². The van der Waals surface area contributed by atoms with E-state index in [4.69, 9.17) is 0 Å². The number of hydrogen-bond donors (Lipinski definition) is 0. The highest BCUT2D eigenvalue weighted by molar-refractivity contribution is 5.91. The molecule has 2 rings (SSSR count). The van der Waals surface area contributed by atoms with Gasteiger partial charge in [0, 0.05) is 26.3 Å². The van der Waals surface area contributed by atoms with Gasteiger partial charge in [0.25, 0.3) is 5.91 Å². The van der Waals surface area contributed by atoms with Gasteiger partial charge in [-0.25, -0.2) is 9.97 Å². The maximum absolute atomic E-state index is 12.0. The van der Waals surface area contributed by atoms with Crippen LogP contribution in [0.1, 0.15) is 34.8 Å². The van der Waals surface area contributed by atoms with E-state index < -0.39 is 0 Å². The summed E-state index contributed by atoms with van der Waals surface area (Å²) in [4.78, 5) is 24.7. The van der Waals surface area contributed by atoms with Gasteiger partial charge in [-0.05, 0) is 51.8 Å². The lowest BCUT2D eigenvalue weighted by Gasteiger charge is -2.29. The minimum atomic E-state index is -0.0579. The van der Waals surface area contributed by atoms with Gasteiger partial charge in [-0.2, -0.15) is 0 Å². The molecule has 1 aliphatic rings. The quantitative estimate of drug-likeness (QED) is 0.836. The Labute approximate surface area is 121 Å². The summed E-state index contributed by atoms with van der Waals surface area (Å²) in [6.07, 6.45) is 3.42. The lowest BCUT2D eigenvalue weighted by Crippen LogP contribution is -2.33. The van der Waals surface area contributed by atoms with Gasteiger partial charge in [-0.15, -0.1) is 0 Å². The van der Waals surface area contributed by atoms with Crippen LogP contribution in [0.3, 0.4) is 0 Å². The van der Waals surface area contributed by atoms with Crippen molar-refractivity contribution in [3.63, 3.8) is 0 Å². The summed E-state index contributed by atoms with van der Waals surface area (Å²) in [7, 11) is 5.66. The molecule has 0 aliphatic carbocycles. The van der Waals surface area contributed by atoms with E-state index in [9.17, 15) is 4.79 Å². The van der Waals surface area contributed by atoms with Crippen molar-refractivity contribution >= 4 is 5.91 Å². The van der Waals surface area contributed by atoms with Crippen molar-refractivity contribution in [2.24, 2.45) is 5.92 Å². The molecule has 1 amide bonds. The van der Waals surface area contributed by atoms with Gasteiger partial charge in [0.1, 0.15) is 11.5 Å². The van der Waals surface area contributed by atoms with E-state index in [0.717, 1.165) is 18.7 Å². The number of rotatable bonds is 3.